The van der Waals surface area contributed by atoms with Crippen LogP contribution in [0, 0.1) is 0 Å². The van der Waals surface area contributed by atoms with Crippen LogP contribution in [0.1, 0.15) is 24.4 Å². The summed E-state index contributed by atoms with van der Waals surface area (Å²) < 4.78 is 4.99. The van der Waals surface area contributed by atoms with E-state index >= 15 is 0 Å². The number of hydrogen-bond donors (Lipinski definition) is 2. The maximum Gasteiger partial charge on any atom is 0.188 e. The lowest BCUT2D eigenvalue weighted by Crippen LogP contribution is -2.35. The van der Waals surface area contributed by atoms with Crippen molar-refractivity contribution in [2.75, 3.05) is 39.9 Å². The molecule has 6 heteroatoms. The van der Waals surface area contributed by atoms with Crippen molar-refractivity contribution in [1.82, 2.24) is 10.2 Å². The predicted octanol–water partition coefficient (Wildman–Crippen LogP) is 1.99. The summed E-state index contributed by atoms with van der Waals surface area (Å²) in [6.45, 7) is 4.30. The Morgan fingerprint density at radius 3 is 2.64 bits per heavy atom. The van der Waals surface area contributed by atoms with Crippen LogP contribution in [0.2, 0.25) is 0 Å². The number of nitrogens with zero attached hydrogens (tertiary/aromatic N) is 2. The molecule has 0 aromatic heterocycles. The van der Waals surface area contributed by atoms with Crippen LogP contribution in [0.25, 0.3) is 0 Å². The molecular weight excluding hydrogens is 391 g/mol. The second kappa shape index (κ2) is 10.8. The first-order valence-electron chi connectivity index (χ1n) is 7.63. The first-order chi connectivity index (χ1) is 10.3. The number of aliphatic imine (C=N–C) groups is 1. The highest BCUT2D eigenvalue weighted by atomic mass is 127. The Morgan fingerprint density at radius 1 is 1.32 bits per heavy atom. The van der Waals surface area contributed by atoms with Gasteiger partial charge in [0.2, 0.25) is 0 Å². The zero-order chi connectivity index (χ0) is 14.9. The smallest absolute Gasteiger partial charge is 0.188 e. The number of guanidine groups is 1. The molecule has 0 aliphatic carbocycles. The van der Waals surface area contributed by atoms with Gasteiger partial charge in [-0.05, 0) is 31.5 Å². The summed E-state index contributed by atoms with van der Waals surface area (Å²) >= 11 is 0. The van der Waals surface area contributed by atoms with E-state index < -0.39 is 0 Å². The van der Waals surface area contributed by atoms with E-state index in [9.17, 15) is 0 Å². The number of benzene rings is 1. The van der Waals surface area contributed by atoms with Crippen molar-refractivity contribution in [3.05, 3.63) is 35.9 Å². The van der Waals surface area contributed by atoms with Crippen LogP contribution in [-0.4, -0.2) is 50.8 Å². The minimum atomic E-state index is 0. The van der Waals surface area contributed by atoms with Crippen molar-refractivity contribution < 1.29 is 4.74 Å². The minimum Gasteiger partial charge on any atom is -0.383 e. The van der Waals surface area contributed by atoms with Crippen LogP contribution < -0.4 is 11.1 Å². The summed E-state index contributed by atoms with van der Waals surface area (Å²) in [5.41, 5.74) is 7.22. The molecule has 1 heterocycles. The molecule has 22 heavy (non-hydrogen) atoms. The third kappa shape index (κ3) is 6.10. The van der Waals surface area contributed by atoms with Gasteiger partial charge in [0, 0.05) is 13.7 Å². The van der Waals surface area contributed by atoms with E-state index in [4.69, 9.17) is 10.5 Å². The lowest BCUT2D eigenvalue weighted by atomic mass is 10.1. The summed E-state index contributed by atoms with van der Waals surface area (Å²) in [7, 11) is 1.67. The SMILES string of the molecule is COCCNC(N)=NCC(c1ccccc1)N1CCCC1.I. The van der Waals surface area contributed by atoms with Gasteiger partial charge in [-0.25, -0.2) is 0 Å². The van der Waals surface area contributed by atoms with Gasteiger partial charge < -0.3 is 15.8 Å². The Kier molecular flexibility index (Phi) is 9.42. The molecule has 1 fully saturated rings. The molecule has 0 radical (unpaired) electrons. The fourth-order valence-corrected chi connectivity index (χ4v) is 2.68. The van der Waals surface area contributed by atoms with Crippen molar-refractivity contribution in [1.29, 1.82) is 0 Å². The van der Waals surface area contributed by atoms with Gasteiger partial charge in [-0.3, -0.25) is 9.89 Å². The van der Waals surface area contributed by atoms with Gasteiger partial charge in [0.15, 0.2) is 5.96 Å². The fraction of sp³-hybridized carbons (Fsp3) is 0.562. The summed E-state index contributed by atoms with van der Waals surface area (Å²) in [5, 5.41) is 3.07. The van der Waals surface area contributed by atoms with Crippen molar-refractivity contribution in [3.8, 4) is 0 Å². The molecule has 1 aliphatic rings. The van der Waals surface area contributed by atoms with Crippen LogP contribution in [-0.2, 0) is 4.74 Å². The third-order valence-corrected chi connectivity index (χ3v) is 3.81. The molecular formula is C16H27IN4O. The Morgan fingerprint density at radius 2 is 2.00 bits per heavy atom. The van der Waals surface area contributed by atoms with Crippen LogP contribution in [0.15, 0.2) is 35.3 Å². The van der Waals surface area contributed by atoms with Gasteiger partial charge in [0.25, 0.3) is 0 Å². The molecule has 1 aromatic carbocycles. The van der Waals surface area contributed by atoms with Gasteiger partial charge in [0.1, 0.15) is 0 Å². The summed E-state index contributed by atoms with van der Waals surface area (Å²) in [6.07, 6.45) is 2.54. The van der Waals surface area contributed by atoms with E-state index in [2.05, 4.69) is 45.5 Å². The first kappa shape index (κ1) is 19.2. The van der Waals surface area contributed by atoms with E-state index in [0.29, 0.717) is 31.7 Å². The summed E-state index contributed by atoms with van der Waals surface area (Å²) in [4.78, 5) is 7.00. The van der Waals surface area contributed by atoms with Gasteiger partial charge in [-0.1, -0.05) is 30.3 Å². The Hall–Kier alpha value is -0.860. The maximum atomic E-state index is 5.90. The van der Waals surface area contributed by atoms with E-state index in [-0.39, 0.29) is 24.0 Å². The minimum absolute atomic E-state index is 0. The topological polar surface area (TPSA) is 62.9 Å². The molecule has 1 saturated heterocycles. The van der Waals surface area contributed by atoms with E-state index in [1.807, 2.05) is 0 Å². The zero-order valence-electron chi connectivity index (χ0n) is 13.2. The highest BCUT2D eigenvalue weighted by molar-refractivity contribution is 14.0. The van der Waals surface area contributed by atoms with Gasteiger partial charge in [-0.15, -0.1) is 24.0 Å². The highest BCUT2D eigenvalue weighted by Crippen LogP contribution is 2.25. The third-order valence-electron chi connectivity index (χ3n) is 3.81. The molecule has 5 nitrogen and oxygen atoms in total. The molecule has 2 rings (SSSR count). The van der Waals surface area contributed by atoms with Crippen molar-refractivity contribution in [3.63, 3.8) is 0 Å². The largest absolute Gasteiger partial charge is 0.383 e. The average Bonchev–Trinajstić information content (AvgIpc) is 3.03. The van der Waals surface area contributed by atoms with Crippen LogP contribution in [0.4, 0.5) is 0 Å². The van der Waals surface area contributed by atoms with E-state index in [0.717, 1.165) is 13.1 Å². The van der Waals surface area contributed by atoms with Crippen molar-refractivity contribution in [2.45, 2.75) is 18.9 Å². The average molecular weight is 418 g/mol. The Labute approximate surface area is 150 Å². The van der Waals surface area contributed by atoms with E-state index in [1.165, 1.54) is 18.4 Å². The van der Waals surface area contributed by atoms with Crippen LogP contribution >= 0.6 is 24.0 Å². The Bertz CT molecular complexity index is 435. The number of nitrogens with one attached hydrogen (secondary N) is 1. The van der Waals surface area contributed by atoms with Gasteiger partial charge in [-0.2, -0.15) is 0 Å². The summed E-state index contributed by atoms with van der Waals surface area (Å²) in [5.74, 6) is 0.493. The van der Waals surface area contributed by atoms with Crippen molar-refractivity contribution in [2.24, 2.45) is 10.7 Å². The van der Waals surface area contributed by atoms with Crippen LogP contribution in [0.3, 0.4) is 0 Å². The highest BCUT2D eigenvalue weighted by Gasteiger charge is 2.22. The second-order valence-corrected chi connectivity index (χ2v) is 5.32. The van der Waals surface area contributed by atoms with Gasteiger partial charge in [0.05, 0.1) is 19.2 Å². The molecule has 0 amide bonds. The molecule has 1 atom stereocenters. The molecule has 0 spiro atoms. The molecule has 3 N–H and O–H groups in total. The number of hydrogen-bond acceptors (Lipinski definition) is 3. The summed E-state index contributed by atoms with van der Waals surface area (Å²) in [6, 6.07) is 10.9. The van der Waals surface area contributed by atoms with Crippen LogP contribution in [0.5, 0.6) is 0 Å². The predicted molar refractivity (Wildman–Crippen MR) is 102 cm³/mol. The van der Waals surface area contributed by atoms with E-state index in [1.54, 1.807) is 7.11 Å². The second-order valence-electron chi connectivity index (χ2n) is 5.32. The molecule has 0 bridgehead atoms. The van der Waals surface area contributed by atoms with Gasteiger partial charge >= 0.3 is 0 Å². The molecule has 1 aromatic rings. The molecule has 124 valence electrons. The number of halogens is 1. The van der Waals surface area contributed by atoms with Crippen molar-refractivity contribution >= 4 is 29.9 Å². The zero-order valence-corrected chi connectivity index (χ0v) is 15.5. The number of rotatable bonds is 7. The quantitative estimate of drug-likeness (QED) is 0.308. The molecule has 1 aliphatic heterocycles. The lowest BCUT2D eigenvalue weighted by Gasteiger charge is -2.26. The normalized spacial score (nSPS) is 17.0. The number of ether oxygens (including phenoxy) is 1. The molecule has 0 saturated carbocycles. The number of methoxy groups -OCH3 is 1. The fourth-order valence-electron chi connectivity index (χ4n) is 2.68. The standard InChI is InChI=1S/C16H26N4O.HI/c1-21-12-9-18-16(17)19-13-15(20-10-5-6-11-20)14-7-3-2-4-8-14;/h2-4,7-8,15H,5-6,9-13H2,1H3,(H3,17,18,19);1H. The molecule has 1 unspecified atom stereocenters. The Balaban J connectivity index is 0.00000242. The number of likely N-dealkylation sites (tertiary alicyclic amines) is 1. The number of nitrogens with two attached hydrogens (primary N) is 1. The lowest BCUT2D eigenvalue weighted by molar-refractivity contribution is 0.203. The maximum absolute atomic E-state index is 5.90. The first-order valence-corrected chi connectivity index (χ1v) is 7.63. The monoisotopic (exact) mass is 418 g/mol.